The zero-order valence-electron chi connectivity index (χ0n) is 11.0. The molecule has 2 aromatic carbocycles. The summed E-state index contributed by atoms with van der Waals surface area (Å²) in [6.45, 7) is 2.76. The fourth-order valence-electron chi connectivity index (χ4n) is 1.91. The molecule has 2 N–H and O–H groups in total. The number of aryl methyl sites for hydroxylation is 1. The Morgan fingerprint density at radius 2 is 1.84 bits per heavy atom. The van der Waals surface area contributed by atoms with E-state index in [0.717, 1.165) is 34.4 Å². The summed E-state index contributed by atoms with van der Waals surface area (Å²) >= 11 is 3.47. The average Bonchev–Trinajstić information content (AvgIpc) is 2.43. The maximum Gasteiger partial charge on any atom is 0.131 e. The monoisotopic (exact) mass is 319 g/mol. The second kappa shape index (κ2) is 6.73. The maximum absolute atomic E-state index is 5.96. The van der Waals surface area contributed by atoms with Crippen LogP contribution in [0.2, 0.25) is 0 Å². The predicted octanol–water partition coefficient (Wildman–Crippen LogP) is 4.31. The SMILES string of the molecule is CCc1ccc(Oc2cc(Br)ccc2CCN)cc1. The highest BCUT2D eigenvalue weighted by atomic mass is 79.9. The van der Waals surface area contributed by atoms with Gasteiger partial charge >= 0.3 is 0 Å². The molecule has 0 saturated carbocycles. The number of halogens is 1. The highest BCUT2D eigenvalue weighted by molar-refractivity contribution is 9.10. The number of benzene rings is 2. The third kappa shape index (κ3) is 3.82. The lowest BCUT2D eigenvalue weighted by Crippen LogP contribution is -2.04. The minimum absolute atomic E-state index is 0.618. The molecule has 19 heavy (non-hydrogen) atoms. The van der Waals surface area contributed by atoms with Crippen molar-refractivity contribution in [2.24, 2.45) is 5.73 Å². The minimum Gasteiger partial charge on any atom is -0.457 e. The number of nitrogens with two attached hydrogens (primary N) is 1. The van der Waals surface area contributed by atoms with Gasteiger partial charge in [0.1, 0.15) is 11.5 Å². The molecule has 0 radical (unpaired) electrons. The highest BCUT2D eigenvalue weighted by Gasteiger charge is 2.05. The van der Waals surface area contributed by atoms with Gasteiger partial charge in [0.25, 0.3) is 0 Å². The first kappa shape index (κ1) is 14.1. The van der Waals surface area contributed by atoms with E-state index < -0.39 is 0 Å². The number of rotatable bonds is 5. The quantitative estimate of drug-likeness (QED) is 0.891. The van der Waals surface area contributed by atoms with Crippen molar-refractivity contribution in [1.29, 1.82) is 0 Å². The van der Waals surface area contributed by atoms with Crippen LogP contribution in [0.5, 0.6) is 11.5 Å². The van der Waals surface area contributed by atoms with Gasteiger partial charge in [-0.25, -0.2) is 0 Å². The summed E-state index contributed by atoms with van der Waals surface area (Å²) in [7, 11) is 0. The third-order valence-electron chi connectivity index (χ3n) is 3.00. The summed E-state index contributed by atoms with van der Waals surface area (Å²) in [5.41, 5.74) is 8.07. The van der Waals surface area contributed by atoms with E-state index in [-0.39, 0.29) is 0 Å². The fourth-order valence-corrected chi connectivity index (χ4v) is 2.25. The van der Waals surface area contributed by atoms with Crippen LogP contribution in [0.4, 0.5) is 0 Å². The molecule has 0 aliphatic heterocycles. The van der Waals surface area contributed by atoms with Gasteiger partial charge in [0.2, 0.25) is 0 Å². The first-order valence-electron chi connectivity index (χ1n) is 6.48. The first-order valence-corrected chi connectivity index (χ1v) is 7.27. The van der Waals surface area contributed by atoms with Crippen molar-refractivity contribution in [2.45, 2.75) is 19.8 Å². The van der Waals surface area contributed by atoms with E-state index in [0.29, 0.717) is 6.54 Å². The van der Waals surface area contributed by atoms with Gasteiger partial charge in [0.15, 0.2) is 0 Å². The number of hydrogen-bond donors (Lipinski definition) is 1. The van der Waals surface area contributed by atoms with Gasteiger partial charge in [-0.15, -0.1) is 0 Å². The lowest BCUT2D eigenvalue weighted by Gasteiger charge is -2.11. The second-order valence-electron chi connectivity index (χ2n) is 4.39. The average molecular weight is 320 g/mol. The van der Waals surface area contributed by atoms with Crippen LogP contribution in [0, 0.1) is 0 Å². The first-order chi connectivity index (χ1) is 9.22. The van der Waals surface area contributed by atoms with Crippen LogP contribution in [0.3, 0.4) is 0 Å². The summed E-state index contributed by atoms with van der Waals surface area (Å²) in [5, 5.41) is 0. The molecular weight excluding hydrogens is 302 g/mol. The molecule has 0 unspecified atom stereocenters. The van der Waals surface area contributed by atoms with Gasteiger partial charge in [-0.2, -0.15) is 0 Å². The molecule has 0 bridgehead atoms. The van der Waals surface area contributed by atoms with E-state index in [1.54, 1.807) is 0 Å². The van der Waals surface area contributed by atoms with Crippen LogP contribution in [0.15, 0.2) is 46.9 Å². The standard InChI is InChI=1S/C16H18BrNO/c1-2-12-3-7-15(8-4-12)19-16-11-14(17)6-5-13(16)9-10-18/h3-8,11H,2,9-10,18H2,1H3. The van der Waals surface area contributed by atoms with Crippen LogP contribution in [0.1, 0.15) is 18.1 Å². The Kier molecular flexibility index (Phi) is 5.00. The lowest BCUT2D eigenvalue weighted by molar-refractivity contribution is 0.475. The van der Waals surface area contributed by atoms with Crippen molar-refractivity contribution in [3.63, 3.8) is 0 Å². The summed E-state index contributed by atoms with van der Waals surface area (Å²) in [6, 6.07) is 14.2. The van der Waals surface area contributed by atoms with Crippen LogP contribution in [-0.2, 0) is 12.8 Å². The zero-order valence-corrected chi connectivity index (χ0v) is 12.6. The van der Waals surface area contributed by atoms with Crippen molar-refractivity contribution in [1.82, 2.24) is 0 Å². The van der Waals surface area contributed by atoms with Gasteiger partial charge in [-0.3, -0.25) is 0 Å². The summed E-state index contributed by atoms with van der Waals surface area (Å²) < 4.78 is 6.96. The summed E-state index contributed by atoms with van der Waals surface area (Å²) in [6.07, 6.45) is 1.85. The Bertz CT molecular complexity index is 537. The molecule has 0 saturated heterocycles. The van der Waals surface area contributed by atoms with Gasteiger partial charge in [0.05, 0.1) is 0 Å². The lowest BCUT2D eigenvalue weighted by atomic mass is 10.1. The highest BCUT2D eigenvalue weighted by Crippen LogP contribution is 2.29. The van der Waals surface area contributed by atoms with Gasteiger partial charge < -0.3 is 10.5 Å². The number of hydrogen-bond acceptors (Lipinski definition) is 2. The molecule has 2 rings (SSSR count). The van der Waals surface area contributed by atoms with Crippen LogP contribution < -0.4 is 10.5 Å². The Morgan fingerprint density at radius 1 is 1.11 bits per heavy atom. The molecule has 2 aromatic rings. The molecule has 0 fully saturated rings. The normalized spacial score (nSPS) is 10.5. The van der Waals surface area contributed by atoms with Crippen molar-refractivity contribution in [3.05, 3.63) is 58.1 Å². The van der Waals surface area contributed by atoms with E-state index in [1.165, 1.54) is 5.56 Å². The van der Waals surface area contributed by atoms with Gasteiger partial charge in [-0.05, 0) is 54.8 Å². The third-order valence-corrected chi connectivity index (χ3v) is 3.50. The summed E-state index contributed by atoms with van der Waals surface area (Å²) in [5.74, 6) is 1.72. The Balaban J connectivity index is 2.23. The molecule has 0 amide bonds. The van der Waals surface area contributed by atoms with E-state index in [9.17, 15) is 0 Å². The molecule has 0 atom stereocenters. The maximum atomic E-state index is 5.96. The summed E-state index contributed by atoms with van der Waals surface area (Å²) in [4.78, 5) is 0. The van der Waals surface area contributed by atoms with E-state index in [2.05, 4.69) is 35.0 Å². The van der Waals surface area contributed by atoms with Gasteiger partial charge in [-0.1, -0.05) is 41.1 Å². The van der Waals surface area contributed by atoms with E-state index >= 15 is 0 Å². The largest absolute Gasteiger partial charge is 0.457 e. The molecular formula is C16H18BrNO. The molecule has 0 aromatic heterocycles. The zero-order chi connectivity index (χ0) is 13.7. The minimum atomic E-state index is 0.618. The predicted molar refractivity (Wildman–Crippen MR) is 82.8 cm³/mol. The van der Waals surface area contributed by atoms with E-state index in [4.69, 9.17) is 10.5 Å². The van der Waals surface area contributed by atoms with Crippen molar-refractivity contribution in [3.8, 4) is 11.5 Å². The molecule has 0 spiro atoms. The molecule has 3 heteroatoms. The van der Waals surface area contributed by atoms with Crippen molar-refractivity contribution < 1.29 is 4.74 Å². The van der Waals surface area contributed by atoms with Gasteiger partial charge in [0, 0.05) is 4.47 Å². The molecule has 0 heterocycles. The van der Waals surface area contributed by atoms with Crippen LogP contribution >= 0.6 is 15.9 Å². The topological polar surface area (TPSA) is 35.2 Å². The number of ether oxygens (including phenoxy) is 1. The Labute approximate surface area is 122 Å². The molecule has 0 aliphatic carbocycles. The Morgan fingerprint density at radius 3 is 2.47 bits per heavy atom. The van der Waals surface area contributed by atoms with Crippen molar-refractivity contribution >= 4 is 15.9 Å². The van der Waals surface area contributed by atoms with Crippen LogP contribution in [0.25, 0.3) is 0 Å². The molecule has 100 valence electrons. The fraction of sp³-hybridized carbons (Fsp3) is 0.250. The van der Waals surface area contributed by atoms with Crippen LogP contribution in [-0.4, -0.2) is 6.54 Å². The van der Waals surface area contributed by atoms with Crippen molar-refractivity contribution in [2.75, 3.05) is 6.54 Å². The van der Waals surface area contributed by atoms with E-state index in [1.807, 2.05) is 30.3 Å². The smallest absolute Gasteiger partial charge is 0.131 e. The Hall–Kier alpha value is -1.32. The second-order valence-corrected chi connectivity index (χ2v) is 5.31. The molecule has 0 aliphatic rings. The molecule has 2 nitrogen and oxygen atoms in total.